The zero-order chi connectivity index (χ0) is 21.0. The third kappa shape index (κ3) is 5.55. The normalized spacial score (nSPS) is 19.8. The molecule has 0 bridgehead atoms. The van der Waals surface area contributed by atoms with Gasteiger partial charge in [0.1, 0.15) is 5.75 Å². The van der Waals surface area contributed by atoms with Gasteiger partial charge in [-0.2, -0.15) is 5.26 Å². The maximum atomic E-state index is 11.7. The molecule has 3 rings (SSSR count). The molecule has 7 heteroatoms. The Kier molecular flexibility index (Phi) is 6.56. The van der Waals surface area contributed by atoms with Crippen molar-refractivity contribution in [2.24, 2.45) is 5.92 Å². The van der Waals surface area contributed by atoms with Gasteiger partial charge in [-0.3, -0.25) is 4.90 Å². The lowest BCUT2D eigenvalue weighted by Gasteiger charge is -2.21. The molecule has 0 amide bonds. The van der Waals surface area contributed by atoms with Gasteiger partial charge in [0, 0.05) is 31.3 Å². The maximum absolute atomic E-state index is 11.7. The zero-order valence-electron chi connectivity index (χ0n) is 17.1. The standard InChI is InChI=1S/C22H27N3O3S/c1-16-9-21(13-24-22(16)29(3,26)27)28-15-20-10-17(2)25(14-20)8-7-18-5-4-6-19(11-18)12-23/h4-6,9,11,13,17,20H,7-8,10,14-15H2,1-3H3/t17-,20+/m1/s1. The topological polar surface area (TPSA) is 83.3 Å². The number of nitriles is 1. The van der Waals surface area contributed by atoms with Crippen LogP contribution < -0.4 is 4.74 Å². The van der Waals surface area contributed by atoms with Gasteiger partial charge in [0.15, 0.2) is 14.9 Å². The Morgan fingerprint density at radius 2 is 2.14 bits per heavy atom. The van der Waals surface area contributed by atoms with Crippen LogP contribution in [0, 0.1) is 24.2 Å². The van der Waals surface area contributed by atoms with E-state index in [1.807, 2.05) is 18.2 Å². The second kappa shape index (κ2) is 8.93. The number of aromatic nitrogens is 1. The molecule has 0 spiro atoms. The molecule has 1 fully saturated rings. The number of sulfone groups is 1. The molecule has 0 radical (unpaired) electrons. The van der Waals surface area contributed by atoms with Gasteiger partial charge >= 0.3 is 0 Å². The highest BCUT2D eigenvalue weighted by Crippen LogP contribution is 2.25. The van der Waals surface area contributed by atoms with Gasteiger partial charge in [-0.15, -0.1) is 0 Å². The quantitative estimate of drug-likeness (QED) is 0.694. The average molecular weight is 414 g/mol. The Labute approximate surface area is 173 Å². The van der Waals surface area contributed by atoms with Crippen molar-refractivity contribution in [1.29, 1.82) is 5.26 Å². The molecule has 2 heterocycles. The van der Waals surface area contributed by atoms with Crippen LogP contribution in [0.2, 0.25) is 0 Å². The Balaban J connectivity index is 1.52. The molecule has 1 aliphatic rings. The summed E-state index contributed by atoms with van der Waals surface area (Å²) < 4.78 is 29.3. The smallest absolute Gasteiger partial charge is 0.193 e. The first-order valence-corrected chi connectivity index (χ1v) is 11.7. The fourth-order valence-electron chi connectivity index (χ4n) is 3.94. The molecular formula is C22H27N3O3S. The molecule has 2 atom stereocenters. The number of rotatable bonds is 7. The summed E-state index contributed by atoms with van der Waals surface area (Å²) in [6.07, 6.45) is 4.63. The summed E-state index contributed by atoms with van der Waals surface area (Å²) in [6.45, 7) is 6.47. The van der Waals surface area contributed by atoms with E-state index < -0.39 is 9.84 Å². The molecule has 1 saturated heterocycles. The molecule has 6 nitrogen and oxygen atoms in total. The first-order chi connectivity index (χ1) is 13.8. The summed E-state index contributed by atoms with van der Waals surface area (Å²) in [5.41, 5.74) is 2.49. The highest BCUT2D eigenvalue weighted by Gasteiger charge is 2.29. The molecule has 0 unspecified atom stereocenters. The van der Waals surface area contributed by atoms with E-state index in [1.165, 1.54) is 11.8 Å². The molecule has 2 aromatic rings. The molecule has 29 heavy (non-hydrogen) atoms. The lowest BCUT2D eigenvalue weighted by atomic mass is 10.1. The van der Waals surface area contributed by atoms with Gasteiger partial charge in [-0.05, 0) is 56.0 Å². The van der Waals surface area contributed by atoms with Crippen molar-refractivity contribution in [2.75, 3.05) is 26.0 Å². The van der Waals surface area contributed by atoms with Crippen molar-refractivity contribution in [3.63, 3.8) is 0 Å². The predicted molar refractivity (Wildman–Crippen MR) is 112 cm³/mol. The summed E-state index contributed by atoms with van der Waals surface area (Å²) in [4.78, 5) is 6.52. The van der Waals surface area contributed by atoms with Crippen molar-refractivity contribution in [3.05, 3.63) is 53.2 Å². The van der Waals surface area contributed by atoms with Crippen LogP contribution in [-0.4, -0.2) is 50.3 Å². The van der Waals surface area contributed by atoms with Crippen LogP contribution in [0.5, 0.6) is 5.75 Å². The number of pyridine rings is 1. The number of nitrogens with zero attached hydrogens (tertiary/aromatic N) is 3. The second-order valence-corrected chi connectivity index (χ2v) is 9.82. The molecule has 154 valence electrons. The highest BCUT2D eigenvalue weighted by atomic mass is 32.2. The first-order valence-electron chi connectivity index (χ1n) is 9.79. The second-order valence-electron chi connectivity index (χ2n) is 7.88. The molecule has 1 aromatic heterocycles. The molecule has 0 saturated carbocycles. The van der Waals surface area contributed by atoms with Gasteiger partial charge in [-0.1, -0.05) is 12.1 Å². The average Bonchev–Trinajstić information content (AvgIpc) is 3.03. The van der Waals surface area contributed by atoms with Gasteiger partial charge in [0.25, 0.3) is 0 Å². The van der Waals surface area contributed by atoms with Crippen LogP contribution in [0.1, 0.15) is 30.0 Å². The van der Waals surface area contributed by atoms with Gasteiger partial charge in [-0.25, -0.2) is 13.4 Å². The molecule has 0 N–H and O–H groups in total. The predicted octanol–water partition coefficient (Wildman–Crippen LogP) is 3.00. The Morgan fingerprint density at radius 1 is 1.34 bits per heavy atom. The van der Waals surface area contributed by atoms with E-state index in [1.54, 1.807) is 13.0 Å². The van der Waals surface area contributed by atoms with Crippen LogP contribution in [0.25, 0.3) is 0 Å². The van der Waals surface area contributed by atoms with E-state index >= 15 is 0 Å². The van der Waals surface area contributed by atoms with Crippen LogP contribution in [0.3, 0.4) is 0 Å². The van der Waals surface area contributed by atoms with E-state index in [-0.39, 0.29) is 5.03 Å². The lowest BCUT2D eigenvalue weighted by molar-refractivity contribution is 0.233. The van der Waals surface area contributed by atoms with Gasteiger partial charge in [0.05, 0.1) is 24.4 Å². The largest absolute Gasteiger partial charge is 0.492 e. The summed E-state index contributed by atoms with van der Waals surface area (Å²) in [7, 11) is -3.32. The number of ether oxygens (including phenoxy) is 1. The van der Waals surface area contributed by atoms with E-state index in [9.17, 15) is 8.42 Å². The van der Waals surface area contributed by atoms with Crippen LogP contribution in [-0.2, 0) is 16.3 Å². The zero-order valence-corrected chi connectivity index (χ0v) is 17.9. The Hall–Kier alpha value is -2.43. The summed E-state index contributed by atoms with van der Waals surface area (Å²) >= 11 is 0. The van der Waals surface area contributed by atoms with E-state index in [2.05, 4.69) is 28.9 Å². The van der Waals surface area contributed by atoms with E-state index in [4.69, 9.17) is 10.00 Å². The van der Waals surface area contributed by atoms with Crippen molar-refractivity contribution in [1.82, 2.24) is 9.88 Å². The number of benzene rings is 1. The number of hydrogen-bond donors (Lipinski definition) is 0. The van der Waals surface area contributed by atoms with E-state index in [0.29, 0.717) is 35.4 Å². The number of aryl methyl sites for hydroxylation is 1. The number of hydrogen-bond acceptors (Lipinski definition) is 6. The summed E-state index contributed by atoms with van der Waals surface area (Å²) in [5.74, 6) is 1.03. The maximum Gasteiger partial charge on any atom is 0.193 e. The Morgan fingerprint density at radius 3 is 2.83 bits per heavy atom. The summed E-state index contributed by atoms with van der Waals surface area (Å²) in [5, 5.41) is 9.14. The fourth-order valence-corrected chi connectivity index (χ4v) is 4.82. The highest BCUT2D eigenvalue weighted by molar-refractivity contribution is 7.90. The fraction of sp³-hybridized carbons (Fsp3) is 0.455. The molecule has 0 aliphatic carbocycles. The lowest BCUT2D eigenvalue weighted by Crippen LogP contribution is -2.29. The molecule has 1 aliphatic heterocycles. The summed E-state index contributed by atoms with van der Waals surface area (Å²) in [6, 6.07) is 12.2. The minimum Gasteiger partial charge on any atom is -0.492 e. The third-order valence-electron chi connectivity index (χ3n) is 5.38. The first kappa shape index (κ1) is 21.3. The van der Waals surface area contributed by atoms with Crippen LogP contribution in [0.15, 0.2) is 41.6 Å². The third-order valence-corrected chi connectivity index (χ3v) is 6.51. The van der Waals surface area contributed by atoms with Crippen molar-refractivity contribution in [3.8, 4) is 11.8 Å². The Bertz CT molecular complexity index is 1010. The van der Waals surface area contributed by atoms with Gasteiger partial charge in [0.2, 0.25) is 0 Å². The van der Waals surface area contributed by atoms with E-state index in [0.717, 1.165) is 32.2 Å². The van der Waals surface area contributed by atoms with Crippen molar-refractivity contribution >= 4 is 9.84 Å². The molecule has 1 aromatic carbocycles. The SMILES string of the molecule is Cc1cc(OC[C@H]2C[C@@H](C)N(CCc3cccc(C#N)c3)C2)cnc1S(C)(=O)=O. The van der Waals surface area contributed by atoms with Crippen LogP contribution in [0.4, 0.5) is 0 Å². The minimum atomic E-state index is -3.32. The molecular weight excluding hydrogens is 386 g/mol. The number of likely N-dealkylation sites (tertiary alicyclic amines) is 1. The minimum absolute atomic E-state index is 0.103. The van der Waals surface area contributed by atoms with Crippen molar-refractivity contribution in [2.45, 2.75) is 37.8 Å². The van der Waals surface area contributed by atoms with Gasteiger partial charge < -0.3 is 4.74 Å². The monoisotopic (exact) mass is 413 g/mol. The van der Waals surface area contributed by atoms with Crippen molar-refractivity contribution < 1.29 is 13.2 Å². The van der Waals surface area contributed by atoms with Crippen LogP contribution >= 0.6 is 0 Å².